The molecule has 0 aromatic heterocycles. The summed E-state index contributed by atoms with van der Waals surface area (Å²) in [6.45, 7) is 0.460. The summed E-state index contributed by atoms with van der Waals surface area (Å²) in [6, 6.07) is 17.3. The van der Waals surface area contributed by atoms with Crippen molar-refractivity contribution in [3.63, 3.8) is 0 Å². The molecule has 0 radical (unpaired) electrons. The molecule has 0 unspecified atom stereocenters. The van der Waals surface area contributed by atoms with E-state index >= 15 is 0 Å². The average Bonchev–Trinajstić information content (AvgIpc) is 2.62. The highest BCUT2D eigenvalue weighted by atomic mass is 32.2. The summed E-state index contributed by atoms with van der Waals surface area (Å²) in [5.41, 5.74) is 1.28. The van der Waals surface area contributed by atoms with E-state index in [1.807, 2.05) is 36.4 Å². The minimum absolute atomic E-state index is 0.00407. The predicted molar refractivity (Wildman–Crippen MR) is 94.1 cm³/mol. The van der Waals surface area contributed by atoms with E-state index in [0.29, 0.717) is 12.1 Å². The smallest absolute Gasteiger partial charge is 0.253 e. The van der Waals surface area contributed by atoms with Crippen LogP contribution < -0.4 is 4.72 Å². The Labute approximate surface area is 147 Å². The lowest BCUT2D eigenvalue weighted by Gasteiger charge is -2.18. The van der Waals surface area contributed by atoms with Gasteiger partial charge in [-0.1, -0.05) is 36.4 Å². The number of carbonyl (C=O) groups is 1. The van der Waals surface area contributed by atoms with E-state index in [1.54, 1.807) is 13.1 Å². The molecule has 130 valence electrons. The fourth-order valence-electron chi connectivity index (χ4n) is 2.27. The summed E-state index contributed by atoms with van der Waals surface area (Å²) in [6.07, 6.45) is 0.0810. The molecule has 0 heterocycles. The Morgan fingerprint density at radius 1 is 1.16 bits per heavy atom. The summed E-state index contributed by atoms with van der Waals surface area (Å²) in [5.74, 6) is -0.266. The van der Waals surface area contributed by atoms with Gasteiger partial charge in [-0.3, -0.25) is 4.79 Å². The maximum absolute atomic E-state index is 12.6. The van der Waals surface area contributed by atoms with Crippen LogP contribution in [0.2, 0.25) is 0 Å². The molecule has 0 aliphatic heterocycles. The first-order valence-corrected chi connectivity index (χ1v) is 9.18. The number of hydrogen-bond donors (Lipinski definition) is 1. The van der Waals surface area contributed by atoms with Gasteiger partial charge in [0.15, 0.2) is 0 Å². The second-order valence-corrected chi connectivity index (χ2v) is 7.25. The highest BCUT2D eigenvalue weighted by Crippen LogP contribution is 2.14. The van der Waals surface area contributed by atoms with E-state index in [9.17, 15) is 13.2 Å². The third kappa shape index (κ3) is 5.14. The van der Waals surface area contributed by atoms with Crippen LogP contribution in [0.5, 0.6) is 0 Å². The zero-order valence-electron chi connectivity index (χ0n) is 13.8. The molecule has 0 spiro atoms. The van der Waals surface area contributed by atoms with Gasteiger partial charge in [0.2, 0.25) is 10.0 Å². The highest BCUT2D eigenvalue weighted by Gasteiger charge is 2.17. The minimum atomic E-state index is -3.74. The van der Waals surface area contributed by atoms with Crippen LogP contribution in [-0.2, 0) is 16.6 Å². The Kier molecular flexibility index (Phi) is 6.28. The molecule has 1 N–H and O–H groups in total. The molecule has 0 aliphatic carbocycles. The largest absolute Gasteiger partial charge is 0.337 e. The van der Waals surface area contributed by atoms with E-state index in [-0.39, 0.29) is 23.8 Å². The third-order valence-electron chi connectivity index (χ3n) is 3.53. The van der Waals surface area contributed by atoms with E-state index < -0.39 is 10.0 Å². The van der Waals surface area contributed by atoms with E-state index in [0.717, 1.165) is 5.56 Å². The average molecular weight is 357 g/mol. The SMILES string of the molecule is CN(Cc1ccccc1)C(=O)c1cccc(S(=O)(=O)NCCC#N)c1. The van der Waals surface area contributed by atoms with Gasteiger partial charge >= 0.3 is 0 Å². The van der Waals surface area contributed by atoms with Crippen molar-refractivity contribution in [2.75, 3.05) is 13.6 Å². The number of rotatable bonds is 7. The molecule has 2 rings (SSSR count). The molecule has 2 aromatic rings. The Balaban J connectivity index is 2.14. The van der Waals surface area contributed by atoms with Crippen LogP contribution in [0.1, 0.15) is 22.3 Å². The van der Waals surface area contributed by atoms with Crippen LogP contribution in [0.3, 0.4) is 0 Å². The van der Waals surface area contributed by atoms with Crippen LogP contribution in [0.15, 0.2) is 59.5 Å². The number of nitriles is 1. The molecule has 0 atom stereocenters. The van der Waals surface area contributed by atoms with E-state index in [4.69, 9.17) is 5.26 Å². The van der Waals surface area contributed by atoms with Crippen molar-refractivity contribution in [2.45, 2.75) is 17.9 Å². The first-order chi connectivity index (χ1) is 11.9. The standard InChI is InChI=1S/C18H19N3O3S/c1-21(14-15-7-3-2-4-8-15)18(22)16-9-5-10-17(13-16)25(23,24)20-12-6-11-19/h2-5,7-10,13,20H,6,12,14H2,1H3. The maximum atomic E-state index is 12.6. The lowest BCUT2D eigenvalue weighted by Crippen LogP contribution is -2.27. The normalized spacial score (nSPS) is 10.9. The predicted octanol–water partition coefficient (Wildman–Crippen LogP) is 2.15. The third-order valence-corrected chi connectivity index (χ3v) is 4.99. The summed E-state index contributed by atoms with van der Waals surface area (Å²) >= 11 is 0. The van der Waals surface area contributed by atoms with Gasteiger partial charge in [0.25, 0.3) is 5.91 Å². The summed E-state index contributed by atoms with van der Waals surface area (Å²) in [7, 11) is -2.08. The molecular formula is C18H19N3O3S. The van der Waals surface area contributed by atoms with Crippen LogP contribution in [-0.4, -0.2) is 32.8 Å². The van der Waals surface area contributed by atoms with Gasteiger partial charge in [-0.05, 0) is 23.8 Å². The van der Waals surface area contributed by atoms with Crippen molar-refractivity contribution in [3.8, 4) is 6.07 Å². The molecule has 0 bridgehead atoms. The van der Waals surface area contributed by atoms with Crippen molar-refractivity contribution in [1.82, 2.24) is 9.62 Å². The fourth-order valence-corrected chi connectivity index (χ4v) is 3.35. The van der Waals surface area contributed by atoms with E-state index in [2.05, 4.69) is 4.72 Å². The molecular weight excluding hydrogens is 338 g/mol. The van der Waals surface area contributed by atoms with Crippen LogP contribution in [0.4, 0.5) is 0 Å². The summed E-state index contributed by atoms with van der Waals surface area (Å²) < 4.78 is 26.7. The van der Waals surface area contributed by atoms with Crippen molar-refractivity contribution in [1.29, 1.82) is 5.26 Å². The number of amides is 1. The zero-order valence-corrected chi connectivity index (χ0v) is 14.7. The van der Waals surface area contributed by atoms with Gasteiger partial charge < -0.3 is 4.90 Å². The number of hydrogen-bond acceptors (Lipinski definition) is 4. The molecule has 7 heteroatoms. The van der Waals surface area contributed by atoms with Gasteiger partial charge in [-0.25, -0.2) is 13.1 Å². The zero-order chi connectivity index (χ0) is 18.3. The van der Waals surface area contributed by atoms with Crippen LogP contribution in [0.25, 0.3) is 0 Å². The summed E-state index contributed by atoms with van der Waals surface area (Å²) in [4.78, 5) is 14.1. The second kappa shape index (κ2) is 8.42. The van der Waals surface area contributed by atoms with Crippen molar-refractivity contribution in [3.05, 3.63) is 65.7 Å². The Morgan fingerprint density at radius 2 is 1.88 bits per heavy atom. The maximum Gasteiger partial charge on any atom is 0.253 e. The monoisotopic (exact) mass is 357 g/mol. The molecule has 0 fully saturated rings. The summed E-state index contributed by atoms with van der Waals surface area (Å²) in [5, 5.41) is 8.50. The number of sulfonamides is 1. The molecule has 1 amide bonds. The Morgan fingerprint density at radius 3 is 2.56 bits per heavy atom. The minimum Gasteiger partial charge on any atom is -0.337 e. The molecule has 25 heavy (non-hydrogen) atoms. The van der Waals surface area contributed by atoms with Crippen molar-refractivity contribution >= 4 is 15.9 Å². The first-order valence-electron chi connectivity index (χ1n) is 7.70. The lowest BCUT2D eigenvalue weighted by atomic mass is 10.1. The van der Waals surface area contributed by atoms with Gasteiger partial charge in [0.05, 0.1) is 11.0 Å². The van der Waals surface area contributed by atoms with Gasteiger partial charge in [0, 0.05) is 32.1 Å². The fraction of sp³-hybridized carbons (Fsp3) is 0.222. The second-order valence-electron chi connectivity index (χ2n) is 5.48. The first kappa shape index (κ1) is 18.6. The van der Waals surface area contributed by atoms with Crippen molar-refractivity contribution in [2.24, 2.45) is 0 Å². The molecule has 2 aromatic carbocycles. The number of nitrogens with zero attached hydrogens (tertiary/aromatic N) is 2. The van der Waals surface area contributed by atoms with Crippen molar-refractivity contribution < 1.29 is 13.2 Å². The Hall–Kier alpha value is -2.69. The quantitative estimate of drug-likeness (QED) is 0.769. The number of carbonyl (C=O) groups excluding carboxylic acids is 1. The topological polar surface area (TPSA) is 90.3 Å². The van der Waals surface area contributed by atoms with E-state index in [1.165, 1.54) is 23.1 Å². The molecule has 0 aliphatic rings. The van der Waals surface area contributed by atoms with Crippen LogP contribution >= 0.6 is 0 Å². The molecule has 0 saturated heterocycles. The van der Waals surface area contributed by atoms with Gasteiger partial charge in [-0.15, -0.1) is 0 Å². The molecule has 0 saturated carbocycles. The van der Waals surface area contributed by atoms with Gasteiger partial charge in [-0.2, -0.15) is 5.26 Å². The van der Waals surface area contributed by atoms with Crippen LogP contribution in [0, 0.1) is 11.3 Å². The Bertz CT molecular complexity index is 874. The molecule has 6 nitrogen and oxygen atoms in total. The van der Waals surface area contributed by atoms with Gasteiger partial charge in [0.1, 0.15) is 0 Å². The number of benzene rings is 2. The lowest BCUT2D eigenvalue weighted by molar-refractivity contribution is 0.0785. The highest BCUT2D eigenvalue weighted by molar-refractivity contribution is 7.89. The number of nitrogens with one attached hydrogen (secondary N) is 1.